The van der Waals surface area contributed by atoms with E-state index in [0.717, 1.165) is 4.90 Å². The average molecular weight is 364 g/mol. The minimum Gasteiger partial charge on any atom is -0.323 e. The van der Waals surface area contributed by atoms with Crippen molar-refractivity contribution in [1.29, 1.82) is 0 Å². The largest absolute Gasteiger partial charge is 0.471 e. The Hall–Kier alpha value is -2.90. The van der Waals surface area contributed by atoms with Crippen LogP contribution in [0.5, 0.6) is 0 Å². The number of non-ortho nitro benzene ring substituents is 1. The summed E-state index contributed by atoms with van der Waals surface area (Å²) >= 11 is 0. The number of benzene rings is 2. The predicted octanol–water partition coefficient (Wildman–Crippen LogP) is 4.17. The normalized spacial score (nSPS) is 16.2. The predicted molar refractivity (Wildman–Crippen MR) is 87.2 cm³/mol. The zero-order valence-electron chi connectivity index (χ0n) is 13.6. The average Bonchev–Trinajstić information content (AvgIpc) is 3.02. The maximum atomic E-state index is 13.1. The zero-order chi connectivity index (χ0) is 18.9. The van der Waals surface area contributed by atoms with Crippen LogP contribution in [-0.4, -0.2) is 21.9 Å². The van der Waals surface area contributed by atoms with E-state index in [1.807, 2.05) is 0 Å². The maximum absolute atomic E-state index is 13.1. The Morgan fingerprint density at radius 1 is 1.19 bits per heavy atom. The van der Waals surface area contributed by atoms with E-state index in [4.69, 9.17) is 0 Å². The molecular formula is C18H15F3N2O3. The lowest BCUT2D eigenvalue weighted by atomic mass is 10.0. The molecule has 8 heteroatoms. The van der Waals surface area contributed by atoms with Crippen molar-refractivity contribution in [3.63, 3.8) is 0 Å². The third-order valence-corrected chi connectivity index (χ3v) is 4.46. The first kappa shape index (κ1) is 17.9. The van der Waals surface area contributed by atoms with Crippen molar-refractivity contribution < 1.29 is 22.9 Å². The molecule has 3 rings (SSSR count). The van der Waals surface area contributed by atoms with Gasteiger partial charge in [-0.3, -0.25) is 14.9 Å². The Morgan fingerprint density at radius 2 is 1.88 bits per heavy atom. The van der Waals surface area contributed by atoms with E-state index in [0.29, 0.717) is 29.5 Å². The minimum atomic E-state index is -4.99. The van der Waals surface area contributed by atoms with Crippen LogP contribution in [0.2, 0.25) is 0 Å². The van der Waals surface area contributed by atoms with Gasteiger partial charge in [0.15, 0.2) is 0 Å². The number of fused-ring (bicyclic) bond motifs is 1. The number of nitro benzene ring substituents is 1. The van der Waals surface area contributed by atoms with Crippen LogP contribution in [0.15, 0.2) is 48.5 Å². The van der Waals surface area contributed by atoms with Crippen LogP contribution in [0.25, 0.3) is 0 Å². The SMILES string of the molecule is O=C(N(Cc1ccccc1)C1CCc2cc([N+](=O)[O-])ccc21)C(F)(F)F. The lowest BCUT2D eigenvalue weighted by molar-refractivity contribution is -0.384. The first-order valence-electron chi connectivity index (χ1n) is 7.96. The van der Waals surface area contributed by atoms with Gasteiger partial charge in [-0.15, -0.1) is 0 Å². The third-order valence-electron chi connectivity index (χ3n) is 4.46. The summed E-state index contributed by atoms with van der Waals surface area (Å²) in [6, 6.07) is 11.8. The molecule has 5 nitrogen and oxygen atoms in total. The molecule has 2 aromatic carbocycles. The second-order valence-corrected chi connectivity index (χ2v) is 6.11. The molecule has 1 amide bonds. The van der Waals surface area contributed by atoms with Crippen molar-refractivity contribution in [2.45, 2.75) is 31.6 Å². The Morgan fingerprint density at radius 3 is 2.50 bits per heavy atom. The molecule has 0 spiro atoms. The van der Waals surface area contributed by atoms with Gasteiger partial charge in [-0.2, -0.15) is 13.2 Å². The molecule has 0 saturated heterocycles. The molecule has 2 aromatic rings. The fraction of sp³-hybridized carbons (Fsp3) is 0.278. The Bertz CT molecular complexity index is 837. The van der Waals surface area contributed by atoms with Crippen molar-refractivity contribution in [3.05, 3.63) is 75.3 Å². The van der Waals surface area contributed by atoms with Crippen LogP contribution in [-0.2, 0) is 17.8 Å². The lowest BCUT2D eigenvalue weighted by Crippen LogP contribution is -2.42. The molecule has 0 N–H and O–H groups in total. The molecule has 0 aliphatic heterocycles. The smallest absolute Gasteiger partial charge is 0.323 e. The molecule has 1 unspecified atom stereocenters. The molecule has 26 heavy (non-hydrogen) atoms. The summed E-state index contributed by atoms with van der Waals surface area (Å²) in [5, 5.41) is 10.9. The van der Waals surface area contributed by atoms with E-state index in [2.05, 4.69) is 0 Å². The minimum absolute atomic E-state index is 0.110. The molecular weight excluding hydrogens is 349 g/mol. The second kappa shape index (κ2) is 6.78. The van der Waals surface area contributed by atoms with Crippen LogP contribution >= 0.6 is 0 Å². The quantitative estimate of drug-likeness (QED) is 0.604. The number of aryl methyl sites for hydroxylation is 1. The summed E-state index contributed by atoms with van der Waals surface area (Å²) in [5.41, 5.74) is 1.61. The number of nitrogens with zero attached hydrogens (tertiary/aromatic N) is 2. The van der Waals surface area contributed by atoms with Crippen molar-refractivity contribution in [1.82, 2.24) is 4.90 Å². The molecule has 1 atom stereocenters. The lowest BCUT2D eigenvalue weighted by Gasteiger charge is -2.30. The van der Waals surface area contributed by atoms with E-state index in [-0.39, 0.29) is 12.2 Å². The van der Waals surface area contributed by atoms with Gasteiger partial charge in [0.05, 0.1) is 11.0 Å². The van der Waals surface area contributed by atoms with E-state index >= 15 is 0 Å². The summed E-state index contributed by atoms with van der Waals surface area (Å²) in [6.45, 7) is -0.180. The Labute approximate surface area is 147 Å². The fourth-order valence-electron chi connectivity index (χ4n) is 3.29. The number of hydrogen-bond acceptors (Lipinski definition) is 3. The van der Waals surface area contributed by atoms with Gasteiger partial charge in [0.1, 0.15) is 0 Å². The molecule has 1 aliphatic rings. The van der Waals surface area contributed by atoms with Gasteiger partial charge in [0, 0.05) is 18.7 Å². The molecule has 0 heterocycles. The molecule has 136 valence electrons. The first-order chi connectivity index (χ1) is 12.3. The van der Waals surface area contributed by atoms with Gasteiger partial charge < -0.3 is 4.90 Å². The van der Waals surface area contributed by atoms with Gasteiger partial charge in [0.25, 0.3) is 5.69 Å². The number of carbonyl (C=O) groups is 1. The van der Waals surface area contributed by atoms with Crippen LogP contribution in [0.3, 0.4) is 0 Å². The van der Waals surface area contributed by atoms with Crippen molar-refractivity contribution in [2.24, 2.45) is 0 Å². The molecule has 0 aromatic heterocycles. The molecule has 0 bridgehead atoms. The first-order valence-corrected chi connectivity index (χ1v) is 7.96. The number of rotatable bonds is 4. The van der Waals surface area contributed by atoms with Gasteiger partial charge in [0.2, 0.25) is 0 Å². The summed E-state index contributed by atoms with van der Waals surface area (Å²) in [6.07, 6.45) is -4.30. The summed E-state index contributed by atoms with van der Waals surface area (Å²) in [7, 11) is 0. The highest BCUT2D eigenvalue weighted by Gasteiger charge is 2.46. The summed E-state index contributed by atoms with van der Waals surface area (Å²) < 4.78 is 39.4. The number of amides is 1. The number of nitro groups is 1. The van der Waals surface area contributed by atoms with Crippen LogP contribution in [0.1, 0.15) is 29.2 Å². The number of hydrogen-bond donors (Lipinski definition) is 0. The van der Waals surface area contributed by atoms with Crippen LogP contribution in [0, 0.1) is 10.1 Å². The summed E-state index contributed by atoms with van der Waals surface area (Å²) in [5.74, 6) is -1.91. The van der Waals surface area contributed by atoms with E-state index in [1.54, 1.807) is 30.3 Å². The maximum Gasteiger partial charge on any atom is 0.471 e. The fourth-order valence-corrected chi connectivity index (χ4v) is 3.29. The van der Waals surface area contributed by atoms with Gasteiger partial charge in [-0.05, 0) is 35.6 Å². The second-order valence-electron chi connectivity index (χ2n) is 6.11. The van der Waals surface area contributed by atoms with E-state index in [1.165, 1.54) is 18.2 Å². The third kappa shape index (κ3) is 3.54. The van der Waals surface area contributed by atoms with Crippen LogP contribution in [0.4, 0.5) is 18.9 Å². The Balaban J connectivity index is 1.96. The monoisotopic (exact) mass is 364 g/mol. The standard InChI is InChI=1S/C18H15F3N2O3/c19-18(20,21)17(24)22(11-12-4-2-1-3-5-12)16-9-6-13-10-14(23(25)26)7-8-15(13)16/h1-5,7-8,10,16H,6,9,11H2. The van der Waals surface area contributed by atoms with Crippen LogP contribution < -0.4 is 0 Å². The number of alkyl halides is 3. The molecule has 0 radical (unpaired) electrons. The van der Waals surface area contributed by atoms with Gasteiger partial charge in [-0.25, -0.2) is 0 Å². The van der Waals surface area contributed by atoms with Gasteiger partial charge in [-0.1, -0.05) is 30.3 Å². The topological polar surface area (TPSA) is 63.5 Å². The van der Waals surface area contributed by atoms with Gasteiger partial charge >= 0.3 is 12.1 Å². The molecule has 0 saturated carbocycles. The zero-order valence-corrected chi connectivity index (χ0v) is 13.6. The van der Waals surface area contributed by atoms with Crippen molar-refractivity contribution in [2.75, 3.05) is 0 Å². The highest BCUT2D eigenvalue weighted by molar-refractivity contribution is 5.82. The number of halogens is 3. The highest BCUT2D eigenvalue weighted by atomic mass is 19.4. The number of carbonyl (C=O) groups excluding carboxylic acids is 1. The van der Waals surface area contributed by atoms with Crippen molar-refractivity contribution >= 4 is 11.6 Å². The van der Waals surface area contributed by atoms with Crippen molar-refractivity contribution in [3.8, 4) is 0 Å². The Kier molecular flexibility index (Phi) is 4.67. The highest BCUT2D eigenvalue weighted by Crippen LogP contribution is 2.39. The summed E-state index contributed by atoms with van der Waals surface area (Å²) in [4.78, 5) is 23.2. The molecule has 0 fully saturated rings. The molecule has 1 aliphatic carbocycles. The van der Waals surface area contributed by atoms with E-state index in [9.17, 15) is 28.1 Å². The van der Waals surface area contributed by atoms with E-state index < -0.39 is 23.0 Å².